The lowest BCUT2D eigenvalue weighted by atomic mass is 9.91. The van der Waals surface area contributed by atoms with Crippen molar-refractivity contribution in [2.75, 3.05) is 0 Å². The Morgan fingerprint density at radius 3 is 2.27 bits per heavy atom. The van der Waals surface area contributed by atoms with Crippen molar-refractivity contribution in [3.05, 3.63) is 29.8 Å². The van der Waals surface area contributed by atoms with Gasteiger partial charge in [-0.05, 0) is 36.5 Å². The summed E-state index contributed by atoms with van der Waals surface area (Å²) in [5.41, 5.74) is 1.37. The van der Waals surface area contributed by atoms with E-state index in [1.54, 1.807) is 12.1 Å². The highest BCUT2D eigenvalue weighted by atomic mass is 16.3. The van der Waals surface area contributed by atoms with Crippen LogP contribution in [0, 0.1) is 0 Å². The molecular formula is C14H22O. The predicted octanol–water partition coefficient (Wildman–Crippen LogP) is 4.47. The summed E-state index contributed by atoms with van der Waals surface area (Å²) in [6.45, 7) is 4.48. The Labute approximate surface area is 93.1 Å². The molecule has 0 spiro atoms. The maximum absolute atomic E-state index is 9.23. The van der Waals surface area contributed by atoms with Gasteiger partial charge in [0.1, 0.15) is 5.75 Å². The van der Waals surface area contributed by atoms with Gasteiger partial charge in [-0.2, -0.15) is 0 Å². The highest BCUT2D eigenvalue weighted by molar-refractivity contribution is 5.28. The summed E-state index contributed by atoms with van der Waals surface area (Å²) in [5, 5.41) is 9.23. The smallest absolute Gasteiger partial charge is 0.115 e. The third kappa shape index (κ3) is 3.94. The summed E-state index contributed by atoms with van der Waals surface area (Å²) in [4.78, 5) is 0. The SMILES string of the molecule is CCCCCC(CC)c1ccc(O)cc1. The average Bonchev–Trinajstić information content (AvgIpc) is 2.26. The molecule has 84 valence electrons. The number of aromatic hydroxyl groups is 1. The average molecular weight is 206 g/mol. The molecule has 1 rings (SSSR count). The first-order valence-corrected chi connectivity index (χ1v) is 6.06. The fraction of sp³-hybridized carbons (Fsp3) is 0.571. The van der Waals surface area contributed by atoms with Crippen LogP contribution in [0.2, 0.25) is 0 Å². The van der Waals surface area contributed by atoms with Crippen LogP contribution in [0.15, 0.2) is 24.3 Å². The number of phenols is 1. The topological polar surface area (TPSA) is 20.2 Å². The molecule has 0 heterocycles. The standard InChI is InChI=1S/C14H22O/c1-3-5-6-7-12(4-2)13-8-10-14(15)11-9-13/h8-12,15H,3-7H2,1-2H3. The van der Waals surface area contributed by atoms with Gasteiger partial charge in [-0.25, -0.2) is 0 Å². The van der Waals surface area contributed by atoms with Gasteiger partial charge in [-0.1, -0.05) is 45.2 Å². The van der Waals surface area contributed by atoms with Crippen LogP contribution in [-0.4, -0.2) is 5.11 Å². The Balaban J connectivity index is 2.53. The molecule has 0 radical (unpaired) electrons. The molecule has 1 aromatic carbocycles. The van der Waals surface area contributed by atoms with Crippen LogP contribution < -0.4 is 0 Å². The lowest BCUT2D eigenvalue weighted by Gasteiger charge is -2.15. The van der Waals surface area contributed by atoms with E-state index in [0.29, 0.717) is 11.7 Å². The summed E-state index contributed by atoms with van der Waals surface area (Å²) in [6, 6.07) is 7.68. The van der Waals surface area contributed by atoms with E-state index in [9.17, 15) is 5.11 Å². The van der Waals surface area contributed by atoms with E-state index in [-0.39, 0.29) is 0 Å². The molecule has 1 aromatic rings. The Morgan fingerprint density at radius 1 is 1.07 bits per heavy atom. The van der Waals surface area contributed by atoms with Crippen molar-refractivity contribution < 1.29 is 5.11 Å². The molecule has 1 heteroatoms. The molecule has 0 aromatic heterocycles. The fourth-order valence-electron chi connectivity index (χ4n) is 1.99. The summed E-state index contributed by atoms with van der Waals surface area (Å²) in [7, 11) is 0. The van der Waals surface area contributed by atoms with Gasteiger partial charge in [0.05, 0.1) is 0 Å². The molecule has 1 N–H and O–H groups in total. The van der Waals surface area contributed by atoms with E-state index in [2.05, 4.69) is 26.0 Å². The molecule has 15 heavy (non-hydrogen) atoms. The molecule has 0 amide bonds. The zero-order valence-corrected chi connectivity index (χ0v) is 9.87. The van der Waals surface area contributed by atoms with Crippen molar-refractivity contribution in [2.45, 2.75) is 51.9 Å². The van der Waals surface area contributed by atoms with E-state index in [4.69, 9.17) is 0 Å². The number of phenolic OH excluding ortho intramolecular Hbond substituents is 1. The van der Waals surface area contributed by atoms with Crippen molar-refractivity contribution in [3.8, 4) is 5.75 Å². The largest absolute Gasteiger partial charge is 0.508 e. The second-order valence-electron chi connectivity index (χ2n) is 4.19. The highest BCUT2D eigenvalue weighted by Crippen LogP contribution is 2.26. The van der Waals surface area contributed by atoms with Crippen LogP contribution in [0.4, 0.5) is 0 Å². The number of benzene rings is 1. The summed E-state index contributed by atoms with van der Waals surface area (Å²) in [6.07, 6.45) is 6.39. The lowest BCUT2D eigenvalue weighted by molar-refractivity contribution is 0.474. The molecule has 0 bridgehead atoms. The van der Waals surface area contributed by atoms with Crippen LogP contribution in [0.1, 0.15) is 57.4 Å². The second-order valence-corrected chi connectivity index (χ2v) is 4.19. The minimum absolute atomic E-state index is 0.363. The van der Waals surface area contributed by atoms with Gasteiger partial charge in [0.15, 0.2) is 0 Å². The second kappa shape index (κ2) is 6.49. The van der Waals surface area contributed by atoms with Gasteiger partial charge in [-0.15, -0.1) is 0 Å². The molecule has 0 aliphatic heterocycles. The van der Waals surface area contributed by atoms with E-state index in [1.807, 2.05) is 0 Å². The number of hydrogen-bond acceptors (Lipinski definition) is 1. The first kappa shape index (κ1) is 12.1. The van der Waals surface area contributed by atoms with E-state index < -0.39 is 0 Å². The van der Waals surface area contributed by atoms with Crippen molar-refractivity contribution in [1.82, 2.24) is 0 Å². The van der Waals surface area contributed by atoms with E-state index in [0.717, 1.165) is 0 Å². The van der Waals surface area contributed by atoms with Crippen molar-refractivity contribution in [1.29, 1.82) is 0 Å². The molecule has 0 aliphatic carbocycles. The van der Waals surface area contributed by atoms with Gasteiger partial charge >= 0.3 is 0 Å². The zero-order valence-electron chi connectivity index (χ0n) is 9.87. The third-order valence-corrected chi connectivity index (χ3v) is 3.01. The van der Waals surface area contributed by atoms with Crippen LogP contribution in [0.5, 0.6) is 5.75 Å². The number of rotatable bonds is 6. The van der Waals surface area contributed by atoms with Crippen molar-refractivity contribution in [2.24, 2.45) is 0 Å². The molecule has 1 nitrogen and oxygen atoms in total. The van der Waals surface area contributed by atoms with Crippen molar-refractivity contribution >= 4 is 0 Å². The zero-order chi connectivity index (χ0) is 11.1. The maximum Gasteiger partial charge on any atom is 0.115 e. The van der Waals surface area contributed by atoms with Gasteiger partial charge < -0.3 is 5.11 Å². The van der Waals surface area contributed by atoms with Gasteiger partial charge in [0.25, 0.3) is 0 Å². The van der Waals surface area contributed by atoms with Crippen molar-refractivity contribution in [3.63, 3.8) is 0 Å². The minimum Gasteiger partial charge on any atom is -0.508 e. The number of hydrogen-bond donors (Lipinski definition) is 1. The molecule has 0 saturated carbocycles. The maximum atomic E-state index is 9.23. The minimum atomic E-state index is 0.363. The van der Waals surface area contributed by atoms with E-state index >= 15 is 0 Å². The Hall–Kier alpha value is -0.980. The first-order valence-electron chi connectivity index (χ1n) is 6.06. The molecular weight excluding hydrogens is 184 g/mol. The van der Waals surface area contributed by atoms with Crippen LogP contribution in [-0.2, 0) is 0 Å². The molecule has 0 saturated heterocycles. The molecule has 0 fully saturated rings. The molecule has 1 unspecified atom stereocenters. The summed E-state index contributed by atoms with van der Waals surface area (Å²) >= 11 is 0. The lowest BCUT2D eigenvalue weighted by Crippen LogP contribution is -1.97. The first-order chi connectivity index (χ1) is 7.27. The predicted molar refractivity (Wildman–Crippen MR) is 65.3 cm³/mol. The van der Waals surface area contributed by atoms with Crippen LogP contribution in [0.25, 0.3) is 0 Å². The van der Waals surface area contributed by atoms with Gasteiger partial charge in [0, 0.05) is 0 Å². The monoisotopic (exact) mass is 206 g/mol. The highest BCUT2D eigenvalue weighted by Gasteiger charge is 2.08. The summed E-state index contributed by atoms with van der Waals surface area (Å²) < 4.78 is 0. The van der Waals surface area contributed by atoms with Crippen LogP contribution in [0.3, 0.4) is 0 Å². The van der Waals surface area contributed by atoms with E-state index in [1.165, 1.54) is 37.7 Å². The van der Waals surface area contributed by atoms with Gasteiger partial charge in [-0.3, -0.25) is 0 Å². The number of unbranched alkanes of at least 4 members (excludes halogenated alkanes) is 2. The van der Waals surface area contributed by atoms with Crippen LogP contribution >= 0.6 is 0 Å². The normalized spacial score (nSPS) is 12.7. The molecule has 1 atom stereocenters. The quantitative estimate of drug-likeness (QED) is 0.681. The van der Waals surface area contributed by atoms with Gasteiger partial charge in [0.2, 0.25) is 0 Å². The summed E-state index contributed by atoms with van der Waals surface area (Å²) in [5.74, 6) is 1.03. The fourth-order valence-corrected chi connectivity index (χ4v) is 1.99. The Bertz CT molecular complexity index is 263. The molecule has 0 aliphatic rings. The Morgan fingerprint density at radius 2 is 1.73 bits per heavy atom. The Kier molecular flexibility index (Phi) is 5.23. The third-order valence-electron chi connectivity index (χ3n) is 3.01.